The number of nitrogens with one attached hydrogen (secondary N) is 2. The molecule has 7 heteroatoms. The summed E-state index contributed by atoms with van der Waals surface area (Å²) in [6.45, 7) is 0.730. The summed E-state index contributed by atoms with van der Waals surface area (Å²) < 4.78 is 2.04. The molecule has 1 aromatic heterocycles. The summed E-state index contributed by atoms with van der Waals surface area (Å²) in [5.74, 6) is 0.0221. The van der Waals surface area contributed by atoms with Gasteiger partial charge >= 0.3 is 6.03 Å². The van der Waals surface area contributed by atoms with E-state index in [1.807, 2.05) is 53.3 Å². The number of carbonyl (C=O) groups is 2. The standard InChI is InChI=1S/C25H29N5O2/c1-29(2)24(31)15-19-10-6-11-20(14-19)27-25(32)28-22-12-7-13-23-21(22)16-26-30(23)17-18-8-4-3-5-9-18/h3-6,8-11,14,16,22H,7,12-13,15,17H2,1-2H3,(H2,27,28,32). The Bertz CT molecular complexity index is 1090. The molecule has 32 heavy (non-hydrogen) atoms. The lowest BCUT2D eigenvalue weighted by molar-refractivity contribution is -0.127. The molecular weight excluding hydrogens is 402 g/mol. The third-order valence-electron chi connectivity index (χ3n) is 5.78. The fraction of sp³-hybridized carbons (Fsp3) is 0.320. The van der Waals surface area contributed by atoms with Crippen molar-refractivity contribution in [2.45, 2.75) is 38.3 Å². The summed E-state index contributed by atoms with van der Waals surface area (Å²) in [5, 5.41) is 10.6. The molecule has 0 saturated carbocycles. The Hall–Kier alpha value is -3.61. The molecule has 0 aliphatic heterocycles. The van der Waals surface area contributed by atoms with Crippen LogP contribution in [0, 0.1) is 0 Å². The number of urea groups is 1. The first-order chi connectivity index (χ1) is 15.5. The SMILES string of the molecule is CN(C)C(=O)Cc1cccc(NC(=O)NC2CCCc3c2cnn3Cc2ccccc2)c1. The van der Waals surface area contributed by atoms with Gasteiger partial charge in [-0.1, -0.05) is 42.5 Å². The largest absolute Gasteiger partial charge is 0.349 e. The van der Waals surface area contributed by atoms with Crippen LogP contribution in [-0.4, -0.2) is 40.7 Å². The Balaban J connectivity index is 1.40. The van der Waals surface area contributed by atoms with E-state index in [0.29, 0.717) is 12.1 Å². The Morgan fingerprint density at radius 3 is 2.66 bits per heavy atom. The summed E-state index contributed by atoms with van der Waals surface area (Å²) in [5.41, 5.74) is 5.02. The molecule has 0 fully saturated rings. The number of hydrogen-bond donors (Lipinski definition) is 2. The summed E-state index contributed by atoms with van der Waals surface area (Å²) in [7, 11) is 3.47. The topological polar surface area (TPSA) is 79.3 Å². The lowest BCUT2D eigenvalue weighted by Gasteiger charge is -2.24. The van der Waals surface area contributed by atoms with Crippen molar-refractivity contribution in [1.82, 2.24) is 20.0 Å². The van der Waals surface area contributed by atoms with Gasteiger partial charge in [-0.25, -0.2) is 4.79 Å². The van der Waals surface area contributed by atoms with Crippen molar-refractivity contribution in [3.63, 3.8) is 0 Å². The molecule has 1 heterocycles. The van der Waals surface area contributed by atoms with Crippen LogP contribution in [0.15, 0.2) is 60.8 Å². The molecule has 1 unspecified atom stereocenters. The van der Waals surface area contributed by atoms with Crippen LogP contribution in [-0.2, 0) is 24.2 Å². The smallest absolute Gasteiger partial charge is 0.319 e. The molecule has 4 rings (SSSR count). The number of hydrogen-bond acceptors (Lipinski definition) is 3. The van der Waals surface area contributed by atoms with Gasteiger partial charge in [-0.15, -0.1) is 0 Å². The van der Waals surface area contributed by atoms with Crippen molar-refractivity contribution in [2.24, 2.45) is 0 Å². The molecule has 166 valence electrons. The van der Waals surface area contributed by atoms with Crippen LogP contribution in [0.5, 0.6) is 0 Å². The van der Waals surface area contributed by atoms with Gasteiger partial charge in [-0.05, 0) is 42.5 Å². The zero-order valence-corrected chi connectivity index (χ0v) is 18.5. The quantitative estimate of drug-likeness (QED) is 0.624. The lowest BCUT2D eigenvalue weighted by Crippen LogP contribution is -2.34. The summed E-state index contributed by atoms with van der Waals surface area (Å²) in [4.78, 5) is 26.2. The molecule has 0 radical (unpaired) electrons. The minimum absolute atomic E-state index is 0.0221. The minimum atomic E-state index is -0.255. The van der Waals surface area contributed by atoms with E-state index in [9.17, 15) is 9.59 Å². The zero-order valence-electron chi connectivity index (χ0n) is 18.5. The molecule has 2 aromatic carbocycles. The Kier molecular flexibility index (Phi) is 6.54. The van der Waals surface area contributed by atoms with E-state index in [-0.39, 0.29) is 18.0 Å². The lowest BCUT2D eigenvalue weighted by atomic mass is 9.93. The molecule has 3 aromatic rings. The van der Waals surface area contributed by atoms with Gasteiger partial charge in [0, 0.05) is 31.0 Å². The second-order valence-corrected chi connectivity index (χ2v) is 8.40. The van der Waals surface area contributed by atoms with E-state index >= 15 is 0 Å². The zero-order chi connectivity index (χ0) is 22.5. The van der Waals surface area contributed by atoms with Crippen LogP contribution in [0.25, 0.3) is 0 Å². The van der Waals surface area contributed by atoms with Gasteiger partial charge in [0.25, 0.3) is 0 Å². The second kappa shape index (κ2) is 9.68. The first-order valence-corrected chi connectivity index (χ1v) is 10.9. The molecule has 1 aliphatic rings. The van der Waals surface area contributed by atoms with Crippen LogP contribution in [0.2, 0.25) is 0 Å². The highest BCUT2D eigenvalue weighted by atomic mass is 16.2. The number of fused-ring (bicyclic) bond motifs is 1. The average Bonchev–Trinajstić information content (AvgIpc) is 3.18. The molecule has 2 N–H and O–H groups in total. The van der Waals surface area contributed by atoms with Gasteiger partial charge in [0.1, 0.15) is 0 Å². The van der Waals surface area contributed by atoms with E-state index in [0.717, 1.165) is 36.9 Å². The monoisotopic (exact) mass is 431 g/mol. The van der Waals surface area contributed by atoms with E-state index < -0.39 is 0 Å². The third kappa shape index (κ3) is 5.17. The van der Waals surface area contributed by atoms with E-state index in [4.69, 9.17) is 0 Å². The van der Waals surface area contributed by atoms with Crippen molar-refractivity contribution in [1.29, 1.82) is 0 Å². The van der Waals surface area contributed by atoms with Gasteiger partial charge in [-0.2, -0.15) is 5.10 Å². The Morgan fingerprint density at radius 2 is 1.88 bits per heavy atom. The average molecular weight is 432 g/mol. The molecular formula is C25H29N5O2. The molecule has 0 spiro atoms. The fourth-order valence-corrected chi connectivity index (χ4v) is 4.08. The number of aromatic nitrogens is 2. The predicted molar refractivity (Wildman–Crippen MR) is 124 cm³/mol. The van der Waals surface area contributed by atoms with Crippen molar-refractivity contribution < 1.29 is 9.59 Å². The second-order valence-electron chi connectivity index (χ2n) is 8.40. The fourth-order valence-electron chi connectivity index (χ4n) is 4.08. The maximum absolute atomic E-state index is 12.7. The van der Waals surface area contributed by atoms with E-state index in [2.05, 4.69) is 27.9 Å². The van der Waals surface area contributed by atoms with Crippen LogP contribution in [0.1, 0.15) is 41.3 Å². The van der Waals surface area contributed by atoms with Gasteiger partial charge in [0.15, 0.2) is 0 Å². The number of rotatable bonds is 6. The van der Waals surface area contributed by atoms with Gasteiger partial charge in [0.2, 0.25) is 5.91 Å². The number of benzene rings is 2. The summed E-state index contributed by atoms with van der Waals surface area (Å²) >= 11 is 0. The minimum Gasteiger partial charge on any atom is -0.349 e. The van der Waals surface area contributed by atoms with Crippen molar-refractivity contribution in [2.75, 3.05) is 19.4 Å². The molecule has 3 amide bonds. The van der Waals surface area contributed by atoms with Gasteiger partial charge in [0.05, 0.1) is 25.2 Å². The normalized spacial score (nSPS) is 15.0. The molecule has 0 saturated heterocycles. The van der Waals surface area contributed by atoms with Gasteiger partial charge in [-0.3, -0.25) is 9.48 Å². The molecule has 1 aliphatic carbocycles. The van der Waals surface area contributed by atoms with Crippen LogP contribution in [0.3, 0.4) is 0 Å². The Morgan fingerprint density at radius 1 is 1.09 bits per heavy atom. The first-order valence-electron chi connectivity index (χ1n) is 10.9. The number of carbonyl (C=O) groups excluding carboxylic acids is 2. The molecule has 1 atom stereocenters. The maximum Gasteiger partial charge on any atom is 0.319 e. The number of likely N-dealkylation sites (N-methyl/N-ethyl adjacent to an activating group) is 1. The molecule has 0 bridgehead atoms. The summed E-state index contributed by atoms with van der Waals surface area (Å²) in [6.07, 6.45) is 5.03. The van der Waals surface area contributed by atoms with Crippen LogP contribution < -0.4 is 10.6 Å². The number of nitrogens with zero attached hydrogens (tertiary/aromatic N) is 3. The van der Waals surface area contributed by atoms with Crippen LogP contribution in [0.4, 0.5) is 10.5 Å². The van der Waals surface area contributed by atoms with Crippen molar-refractivity contribution >= 4 is 17.6 Å². The highest BCUT2D eigenvalue weighted by molar-refractivity contribution is 5.90. The maximum atomic E-state index is 12.7. The van der Waals surface area contributed by atoms with E-state index in [1.165, 1.54) is 11.3 Å². The van der Waals surface area contributed by atoms with Crippen LogP contribution >= 0.6 is 0 Å². The Labute approximate surface area is 188 Å². The predicted octanol–water partition coefficient (Wildman–Crippen LogP) is 3.76. The first kappa shape index (κ1) is 21.6. The number of amides is 3. The number of anilines is 1. The van der Waals surface area contributed by atoms with Crippen molar-refractivity contribution in [3.05, 3.63) is 83.2 Å². The third-order valence-corrected chi connectivity index (χ3v) is 5.78. The highest BCUT2D eigenvalue weighted by Gasteiger charge is 2.25. The highest BCUT2D eigenvalue weighted by Crippen LogP contribution is 2.30. The summed E-state index contributed by atoms with van der Waals surface area (Å²) in [6, 6.07) is 17.3. The van der Waals surface area contributed by atoms with E-state index in [1.54, 1.807) is 19.0 Å². The van der Waals surface area contributed by atoms with Crippen molar-refractivity contribution in [3.8, 4) is 0 Å². The van der Waals surface area contributed by atoms with Gasteiger partial charge < -0.3 is 15.5 Å². The molecule has 7 nitrogen and oxygen atoms in total.